The second-order valence-corrected chi connectivity index (χ2v) is 17.8. The van der Waals surface area contributed by atoms with Gasteiger partial charge in [-0.05, 0) is 70.8 Å². The zero-order valence-electron chi connectivity index (χ0n) is 37.7. The molecular weight excluding hydrogens is 855 g/mol. The molecule has 0 spiro atoms. The van der Waals surface area contributed by atoms with Crippen LogP contribution >= 0.6 is 0 Å². The Morgan fingerprint density at radius 3 is 1.61 bits per heavy atom. The Hall–Kier alpha value is -9.45. The van der Waals surface area contributed by atoms with Crippen molar-refractivity contribution in [3.8, 4) is 78.5 Å². The van der Waals surface area contributed by atoms with E-state index in [2.05, 4.69) is 212 Å². The van der Waals surface area contributed by atoms with Gasteiger partial charge >= 0.3 is 0 Å². The van der Waals surface area contributed by atoms with Crippen LogP contribution in [0, 0.1) is 0 Å². The van der Waals surface area contributed by atoms with Crippen molar-refractivity contribution in [2.24, 2.45) is 0 Å². The van der Waals surface area contributed by atoms with Gasteiger partial charge in [0.2, 0.25) is 0 Å². The number of pyridine rings is 1. The number of para-hydroxylation sites is 4. The molecule has 0 radical (unpaired) electrons. The first-order chi connectivity index (χ1) is 34.7. The summed E-state index contributed by atoms with van der Waals surface area (Å²) < 4.78 is 13.1. The Morgan fingerprint density at radius 2 is 0.829 bits per heavy atom. The molecule has 0 amide bonds. The van der Waals surface area contributed by atoms with Crippen molar-refractivity contribution in [1.82, 2.24) is 15.0 Å². The summed E-state index contributed by atoms with van der Waals surface area (Å²) in [5.41, 5.74) is 17.4. The molecule has 0 aliphatic carbocycles. The summed E-state index contributed by atoms with van der Waals surface area (Å²) >= 11 is 0. The Labute approximate surface area is 402 Å². The number of rotatable bonds is 7. The topological polar surface area (TPSA) is 65.0 Å². The molecule has 10 aromatic carbocycles. The van der Waals surface area contributed by atoms with Gasteiger partial charge in [0, 0.05) is 71.1 Å². The van der Waals surface area contributed by atoms with Crippen molar-refractivity contribution in [2.75, 3.05) is 0 Å². The van der Waals surface area contributed by atoms with Gasteiger partial charge in [-0.15, -0.1) is 0 Å². The van der Waals surface area contributed by atoms with Gasteiger partial charge in [0.25, 0.3) is 0 Å². The number of hydrogen-bond acceptors (Lipinski definition) is 5. The Balaban J connectivity index is 0.905. The molecule has 4 aromatic heterocycles. The minimum atomic E-state index is 0.644. The predicted molar refractivity (Wildman–Crippen MR) is 287 cm³/mol. The van der Waals surface area contributed by atoms with E-state index in [1.807, 2.05) is 24.3 Å². The van der Waals surface area contributed by atoms with E-state index >= 15 is 0 Å². The minimum absolute atomic E-state index is 0.644. The summed E-state index contributed by atoms with van der Waals surface area (Å²) in [5.74, 6) is 0.644. The summed E-state index contributed by atoms with van der Waals surface area (Å²) in [5, 5.41) is 7.70. The highest BCUT2D eigenvalue weighted by Crippen LogP contribution is 2.47. The first-order valence-corrected chi connectivity index (χ1v) is 23.6. The van der Waals surface area contributed by atoms with Crippen molar-refractivity contribution in [1.29, 1.82) is 0 Å². The Bertz CT molecular complexity index is 4360. The van der Waals surface area contributed by atoms with Crippen LogP contribution in [0.1, 0.15) is 0 Å². The van der Waals surface area contributed by atoms with Crippen molar-refractivity contribution >= 4 is 65.6 Å². The third kappa shape index (κ3) is 6.59. The summed E-state index contributed by atoms with van der Waals surface area (Å²) in [6, 6.07) is 82.5. The Morgan fingerprint density at radius 1 is 0.286 bits per heavy atom. The highest BCUT2D eigenvalue weighted by molar-refractivity contribution is 6.27. The molecule has 326 valence electrons. The number of nitrogens with zero attached hydrogens (tertiary/aromatic N) is 3. The van der Waals surface area contributed by atoms with E-state index < -0.39 is 0 Å². The molecule has 4 heterocycles. The standard InChI is InChI=1S/C65H39N3O2/c1-3-17-40(18-4-1)55-39-56(68-65(67-55)47-26-15-23-44(37-47)48-30-16-31-50-49-27-8-11-33-57(49)70-64(48)50)45-24-13-21-42(35-45)43-22-14-25-46(36-43)63-53-38-59-62(52-29-9-12-34-58(52)69-59)60(41-19-5-2-6-20-41)61(53)51-28-7-10-32-54(51)66-63/h1-39H. The quantitative estimate of drug-likeness (QED) is 0.149. The maximum atomic E-state index is 6.66. The molecule has 0 fully saturated rings. The predicted octanol–water partition coefficient (Wildman–Crippen LogP) is 17.6. The molecule has 5 heteroatoms. The number of benzene rings is 10. The van der Waals surface area contributed by atoms with Crippen LogP contribution in [0.5, 0.6) is 0 Å². The van der Waals surface area contributed by atoms with Crippen molar-refractivity contribution in [2.45, 2.75) is 0 Å². The molecule has 0 saturated carbocycles. The molecule has 0 aliphatic rings. The fraction of sp³-hybridized carbons (Fsp3) is 0. The van der Waals surface area contributed by atoms with Crippen LogP contribution in [0.2, 0.25) is 0 Å². The van der Waals surface area contributed by atoms with Gasteiger partial charge in [-0.25, -0.2) is 15.0 Å². The maximum Gasteiger partial charge on any atom is 0.160 e. The minimum Gasteiger partial charge on any atom is -0.456 e. The highest BCUT2D eigenvalue weighted by Gasteiger charge is 2.22. The van der Waals surface area contributed by atoms with Gasteiger partial charge in [0.15, 0.2) is 5.82 Å². The SMILES string of the molecule is c1ccc(-c2cc(-c3cccc(-c4cccc(-c5nc6ccccc6c6c(-c7ccccc7)c7c(cc56)oc5ccccc57)c4)c3)nc(-c3cccc(-c4cccc5c4oc4ccccc45)c3)n2)cc1. The van der Waals surface area contributed by atoms with Gasteiger partial charge < -0.3 is 8.83 Å². The first-order valence-electron chi connectivity index (χ1n) is 23.6. The molecule has 14 aromatic rings. The van der Waals surface area contributed by atoms with Crippen molar-refractivity contribution in [3.05, 3.63) is 237 Å². The van der Waals surface area contributed by atoms with Crippen LogP contribution in [-0.2, 0) is 0 Å². The number of hydrogen-bond donors (Lipinski definition) is 0. The first kappa shape index (κ1) is 39.7. The van der Waals surface area contributed by atoms with Crippen LogP contribution in [0.3, 0.4) is 0 Å². The molecule has 14 rings (SSSR count). The molecule has 0 unspecified atom stereocenters. The lowest BCUT2D eigenvalue weighted by atomic mass is 9.89. The van der Waals surface area contributed by atoms with E-state index in [-0.39, 0.29) is 0 Å². The molecule has 70 heavy (non-hydrogen) atoms. The molecule has 5 nitrogen and oxygen atoms in total. The fourth-order valence-corrected chi connectivity index (χ4v) is 10.4. The summed E-state index contributed by atoms with van der Waals surface area (Å²) in [6.07, 6.45) is 0. The van der Waals surface area contributed by atoms with Gasteiger partial charge in [-0.3, -0.25) is 0 Å². The van der Waals surface area contributed by atoms with Crippen molar-refractivity contribution in [3.63, 3.8) is 0 Å². The molecule has 0 aliphatic heterocycles. The number of aromatic nitrogens is 3. The van der Waals surface area contributed by atoms with E-state index in [4.69, 9.17) is 23.8 Å². The third-order valence-corrected chi connectivity index (χ3v) is 13.7. The van der Waals surface area contributed by atoms with E-state index in [0.29, 0.717) is 5.82 Å². The molecule has 0 saturated heterocycles. The van der Waals surface area contributed by atoms with Crippen LogP contribution in [0.4, 0.5) is 0 Å². The van der Waals surface area contributed by atoms with Gasteiger partial charge in [0.1, 0.15) is 22.3 Å². The number of furan rings is 2. The monoisotopic (exact) mass is 893 g/mol. The highest BCUT2D eigenvalue weighted by atomic mass is 16.3. The molecular formula is C65H39N3O2. The second-order valence-electron chi connectivity index (χ2n) is 17.8. The van der Waals surface area contributed by atoms with Gasteiger partial charge in [0.05, 0.1) is 22.6 Å². The molecule has 0 N–H and O–H groups in total. The second kappa shape index (κ2) is 16.1. The lowest BCUT2D eigenvalue weighted by molar-refractivity contribution is 0.669. The zero-order chi connectivity index (χ0) is 46.1. The van der Waals surface area contributed by atoms with Crippen LogP contribution < -0.4 is 0 Å². The van der Waals surface area contributed by atoms with E-state index in [0.717, 1.165) is 138 Å². The van der Waals surface area contributed by atoms with E-state index in [9.17, 15) is 0 Å². The Kier molecular flexibility index (Phi) is 9.14. The lowest BCUT2D eigenvalue weighted by Gasteiger charge is -2.16. The van der Waals surface area contributed by atoms with E-state index in [1.54, 1.807) is 0 Å². The average Bonchev–Trinajstić information content (AvgIpc) is 4.01. The van der Waals surface area contributed by atoms with Crippen molar-refractivity contribution < 1.29 is 8.83 Å². The van der Waals surface area contributed by atoms with Gasteiger partial charge in [-0.1, -0.05) is 188 Å². The third-order valence-electron chi connectivity index (χ3n) is 13.7. The van der Waals surface area contributed by atoms with Crippen LogP contribution in [0.25, 0.3) is 144 Å². The van der Waals surface area contributed by atoms with Crippen LogP contribution in [-0.4, -0.2) is 15.0 Å². The van der Waals surface area contributed by atoms with Crippen LogP contribution in [0.15, 0.2) is 245 Å². The normalized spacial score (nSPS) is 11.7. The molecule has 0 bridgehead atoms. The summed E-state index contributed by atoms with van der Waals surface area (Å²) in [4.78, 5) is 16.0. The lowest BCUT2D eigenvalue weighted by Crippen LogP contribution is -1.96. The fourth-order valence-electron chi connectivity index (χ4n) is 10.4. The average molecular weight is 894 g/mol. The largest absolute Gasteiger partial charge is 0.456 e. The summed E-state index contributed by atoms with van der Waals surface area (Å²) in [7, 11) is 0. The smallest absolute Gasteiger partial charge is 0.160 e. The molecule has 0 atom stereocenters. The summed E-state index contributed by atoms with van der Waals surface area (Å²) in [6.45, 7) is 0. The van der Waals surface area contributed by atoms with E-state index in [1.165, 1.54) is 0 Å². The number of fused-ring (bicyclic) bond motifs is 9. The van der Waals surface area contributed by atoms with Gasteiger partial charge in [-0.2, -0.15) is 0 Å². The zero-order valence-corrected chi connectivity index (χ0v) is 37.7. The maximum absolute atomic E-state index is 6.66.